The number of thioether (sulfide) groups is 1. The molecule has 1 aromatic heterocycles. The highest BCUT2D eigenvalue weighted by Crippen LogP contribution is 2.33. The summed E-state index contributed by atoms with van der Waals surface area (Å²) in [5.74, 6) is 0.905. The zero-order valence-corrected chi connectivity index (χ0v) is 17.0. The molecule has 0 unspecified atom stereocenters. The molecule has 4 rings (SSSR count). The number of aromatic nitrogens is 2. The van der Waals surface area contributed by atoms with Gasteiger partial charge in [-0.1, -0.05) is 41.3 Å². The van der Waals surface area contributed by atoms with Gasteiger partial charge in [0.1, 0.15) is 5.82 Å². The molecule has 2 heterocycles. The highest BCUT2D eigenvalue weighted by Gasteiger charge is 2.18. The van der Waals surface area contributed by atoms with E-state index in [1.54, 1.807) is 25.1 Å². The number of nitrogens with one attached hydrogen (secondary N) is 2. The topological polar surface area (TPSA) is 85.4 Å². The van der Waals surface area contributed by atoms with Crippen LogP contribution in [0.5, 0.6) is 11.5 Å². The molecule has 7 nitrogen and oxygen atoms in total. The number of fused-ring (bicyclic) bond motifs is 1. The summed E-state index contributed by atoms with van der Waals surface area (Å²) < 4.78 is 25.0. The monoisotopic (exact) mass is 432 g/mol. The molecular weight excluding hydrogens is 415 g/mol. The van der Waals surface area contributed by atoms with Crippen molar-refractivity contribution in [2.75, 3.05) is 12.1 Å². The third kappa shape index (κ3) is 4.77. The van der Waals surface area contributed by atoms with E-state index in [0.29, 0.717) is 33.2 Å². The highest BCUT2D eigenvalue weighted by atomic mass is 32.2. The van der Waals surface area contributed by atoms with Gasteiger partial charge in [-0.3, -0.25) is 4.79 Å². The summed E-state index contributed by atoms with van der Waals surface area (Å²) in [6.45, 7) is 2.40. The van der Waals surface area contributed by atoms with Crippen LogP contribution in [0.25, 0.3) is 0 Å². The fourth-order valence-electron chi connectivity index (χ4n) is 2.57. The molecule has 1 aliphatic rings. The van der Waals surface area contributed by atoms with Gasteiger partial charge in [0.05, 0.1) is 10.9 Å². The molecule has 3 aromatic rings. The Bertz CT molecular complexity index is 1030. The van der Waals surface area contributed by atoms with Crippen LogP contribution in [-0.4, -0.2) is 28.1 Å². The zero-order chi connectivity index (χ0) is 20.2. The van der Waals surface area contributed by atoms with Gasteiger partial charge in [0.25, 0.3) is 0 Å². The summed E-state index contributed by atoms with van der Waals surface area (Å²) in [7, 11) is 0. The number of ether oxygens (including phenoxy) is 2. The molecular formula is C19H17FN4O3S2. The molecule has 0 fully saturated rings. The molecule has 0 radical (unpaired) electrons. The summed E-state index contributed by atoms with van der Waals surface area (Å²) in [6.07, 6.45) is 0. The first-order valence-corrected chi connectivity index (χ1v) is 10.5. The molecule has 150 valence electrons. The number of halogens is 1. The van der Waals surface area contributed by atoms with Gasteiger partial charge in [0.2, 0.25) is 17.8 Å². The third-order valence-corrected chi connectivity index (χ3v) is 6.10. The Hall–Kier alpha value is -2.85. The van der Waals surface area contributed by atoms with Crippen molar-refractivity contribution in [2.24, 2.45) is 0 Å². The first-order chi connectivity index (χ1) is 14.1. The van der Waals surface area contributed by atoms with Gasteiger partial charge in [-0.15, -0.1) is 10.2 Å². The molecule has 10 heteroatoms. The van der Waals surface area contributed by atoms with Crippen molar-refractivity contribution in [1.29, 1.82) is 0 Å². The molecule has 0 spiro atoms. The second-order valence-corrected chi connectivity index (χ2v) is 8.71. The second-order valence-electron chi connectivity index (χ2n) is 6.14. The average molecular weight is 433 g/mol. The molecule has 1 atom stereocenters. The maximum absolute atomic E-state index is 13.7. The van der Waals surface area contributed by atoms with E-state index in [0.717, 1.165) is 5.56 Å². The Balaban J connectivity index is 1.30. The largest absolute Gasteiger partial charge is 0.454 e. The van der Waals surface area contributed by atoms with Crippen molar-refractivity contribution >= 4 is 39.8 Å². The van der Waals surface area contributed by atoms with Crippen molar-refractivity contribution in [3.8, 4) is 11.5 Å². The van der Waals surface area contributed by atoms with Crippen LogP contribution in [0.1, 0.15) is 12.5 Å². The van der Waals surface area contributed by atoms with E-state index in [4.69, 9.17) is 9.47 Å². The minimum Gasteiger partial charge on any atom is -0.454 e. The van der Waals surface area contributed by atoms with Crippen LogP contribution >= 0.6 is 23.1 Å². The maximum Gasteiger partial charge on any atom is 0.233 e. The minimum atomic E-state index is -0.367. The van der Waals surface area contributed by atoms with E-state index in [1.807, 2.05) is 18.2 Å². The lowest BCUT2D eigenvalue weighted by Gasteiger charge is -2.10. The average Bonchev–Trinajstić information content (AvgIpc) is 3.36. The van der Waals surface area contributed by atoms with Crippen LogP contribution in [0.15, 0.2) is 46.8 Å². The van der Waals surface area contributed by atoms with Gasteiger partial charge in [-0.05, 0) is 36.8 Å². The number of carbonyl (C=O) groups excluding carboxylic acids is 1. The summed E-state index contributed by atoms with van der Waals surface area (Å²) in [5.41, 5.74) is 1.25. The van der Waals surface area contributed by atoms with Gasteiger partial charge in [0, 0.05) is 6.54 Å². The van der Waals surface area contributed by atoms with Crippen LogP contribution in [0.2, 0.25) is 0 Å². The number of anilines is 2. The van der Waals surface area contributed by atoms with E-state index in [1.165, 1.54) is 29.2 Å². The third-order valence-electron chi connectivity index (χ3n) is 4.07. The van der Waals surface area contributed by atoms with E-state index in [9.17, 15) is 9.18 Å². The molecule has 1 aliphatic heterocycles. The first-order valence-electron chi connectivity index (χ1n) is 8.76. The Kier molecular flexibility index (Phi) is 5.81. The fourth-order valence-corrected chi connectivity index (χ4v) is 4.51. The number of para-hydroxylation sites is 1. The lowest BCUT2D eigenvalue weighted by Crippen LogP contribution is -2.30. The number of amides is 1. The highest BCUT2D eigenvalue weighted by molar-refractivity contribution is 8.02. The number of benzene rings is 2. The summed E-state index contributed by atoms with van der Waals surface area (Å²) in [4.78, 5) is 12.4. The summed E-state index contributed by atoms with van der Waals surface area (Å²) in [6, 6.07) is 11.9. The lowest BCUT2D eigenvalue weighted by molar-refractivity contribution is -0.120. The number of nitrogens with zero attached hydrogens (tertiary/aromatic N) is 2. The Morgan fingerprint density at radius 1 is 1.24 bits per heavy atom. The number of rotatable bonds is 7. The predicted octanol–water partition coefficient (Wildman–Crippen LogP) is 3.95. The van der Waals surface area contributed by atoms with Crippen molar-refractivity contribution in [3.63, 3.8) is 0 Å². The zero-order valence-electron chi connectivity index (χ0n) is 15.3. The maximum atomic E-state index is 13.7. The molecule has 0 saturated carbocycles. The predicted molar refractivity (Wildman–Crippen MR) is 109 cm³/mol. The van der Waals surface area contributed by atoms with Crippen LogP contribution in [0, 0.1) is 5.82 Å². The molecule has 0 bridgehead atoms. The fraction of sp³-hybridized carbons (Fsp3) is 0.211. The van der Waals surface area contributed by atoms with Gasteiger partial charge >= 0.3 is 0 Å². The van der Waals surface area contributed by atoms with Gasteiger partial charge < -0.3 is 20.1 Å². The minimum absolute atomic E-state index is 0.119. The SMILES string of the molecule is C[C@H](Sc1nnc(Nc2ccccc2F)s1)C(=O)NCc1ccc2c(c1)OCO2. The van der Waals surface area contributed by atoms with E-state index in [2.05, 4.69) is 20.8 Å². The smallest absolute Gasteiger partial charge is 0.233 e. The van der Waals surface area contributed by atoms with Crippen LogP contribution < -0.4 is 20.1 Å². The van der Waals surface area contributed by atoms with Crippen molar-refractivity contribution in [1.82, 2.24) is 15.5 Å². The number of hydrogen-bond donors (Lipinski definition) is 2. The van der Waals surface area contributed by atoms with E-state index >= 15 is 0 Å². The summed E-state index contributed by atoms with van der Waals surface area (Å²) in [5, 5.41) is 14.0. The van der Waals surface area contributed by atoms with Gasteiger partial charge in [-0.25, -0.2) is 4.39 Å². The Labute approximate surface area is 174 Å². The normalized spacial score (nSPS) is 13.2. The number of hydrogen-bond acceptors (Lipinski definition) is 8. The van der Waals surface area contributed by atoms with Crippen LogP contribution in [0.3, 0.4) is 0 Å². The van der Waals surface area contributed by atoms with Crippen molar-refractivity contribution in [3.05, 3.63) is 53.8 Å². The van der Waals surface area contributed by atoms with Crippen LogP contribution in [-0.2, 0) is 11.3 Å². The van der Waals surface area contributed by atoms with Gasteiger partial charge in [0.15, 0.2) is 15.8 Å². The van der Waals surface area contributed by atoms with Crippen LogP contribution in [0.4, 0.5) is 15.2 Å². The Morgan fingerprint density at radius 2 is 2.07 bits per heavy atom. The van der Waals surface area contributed by atoms with E-state index in [-0.39, 0.29) is 23.8 Å². The number of carbonyl (C=O) groups is 1. The summed E-state index contributed by atoms with van der Waals surface area (Å²) >= 11 is 2.56. The van der Waals surface area contributed by atoms with E-state index < -0.39 is 0 Å². The quantitative estimate of drug-likeness (QED) is 0.547. The molecule has 29 heavy (non-hydrogen) atoms. The molecule has 2 aromatic carbocycles. The molecule has 0 aliphatic carbocycles. The molecule has 1 amide bonds. The van der Waals surface area contributed by atoms with Gasteiger partial charge in [-0.2, -0.15) is 0 Å². The molecule has 2 N–H and O–H groups in total. The molecule has 0 saturated heterocycles. The standard InChI is InChI=1S/C19H17FN4O3S2/c1-11(17(25)21-9-12-6-7-15-16(8-12)27-10-26-15)28-19-24-23-18(29-19)22-14-5-3-2-4-13(14)20/h2-8,11H,9-10H2,1H3,(H,21,25)(H,22,23)/t11-/m0/s1. The van der Waals surface area contributed by atoms with Crippen molar-refractivity contribution in [2.45, 2.75) is 23.1 Å². The van der Waals surface area contributed by atoms with Crippen molar-refractivity contribution < 1.29 is 18.7 Å². The first kappa shape index (κ1) is 19.5. The second kappa shape index (κ2) is 8.66. The lowest BCUT2D eigenvalue weighted by atomic mass is 10.2. The Morgan fingerprint density at radius 3 is 2.93 bits per heavy atom.